The van der Waals surface area contributed by atoms with Crippen LogP contribution in [0.15, 0.2) is 78.2 Å². The Labute approximate surface area is 237 Å². The van der Waals surface area contributed by atoms with Gasteiger partial charge in [0.1, 0.15) is 30.8 Å². The Morgan fingerprint density at radius 1 is 0.923 bits per heavy atom. The molecular weight excluding hydrogens is 524 g/mol. The summed E-state index contributed by atoms with van der Waals surface area (Å²) in [5, 5.41) is 15.8. The number of rotatable bonds is 10. The Bertz CT molecular complexity index is 1520. The monoisotopic (exact) mass is 556 g/mol. The van der Waals surface area contributed by atoms with E-state index < -0.39 is 6.10 Å². The smallest absolute Gasteiger partial charge is 0.131 e. The molecule has 2 aromatic heterocycles. The van der Waals surface area contributed by atoms with E-state index in [2.05, 4.69) is 34.1 Å². The first kappa shape index (κ1) is 26.0. The number of aromatic nitrogens is 1. The number of fused-ring (bicyclic) bond motifs is 1. The van der Waals surface area contributed by atoms with Crippen LogP contribution in [0, 0.1) is 6.92 Å². The topological polar surface area (TPSA) is 54.8 Å². The highest BCUT2D eigenvalue weighted by molar-refractivity contribution is 7.22. The van der Waals surface area contributed by atoms with Gasteiger partial charge in [-0.2, -0.15) is 0 Å². The number of ether oxygens (including phenoxy) is 2. The largest absolute Gasteiger partial charge is 0.492 e. The normalized spacial score (nSPS) is 14.6. The number of thiazole rings is 1. The predicted molar refractivity (Wildman–Crippen MR) is 160 cm³/mol. The second kappa shape index (κ2) is 11.9. The first-order valence-corrected chi connectivity index (χ1v) is 15.1. The molecule has 3 aromatic carbocycles. The van der Waals surface area contributed by atoms with Gasteiger partial charge in [0.2, 0.25) is 0 Å². The van der Waals surface area contributed by atoms with E-state index in [4.69, 9.17) is 9.47 Å². The standard InChI is InChI=1S/C32H32N2O3S2/c1-22-33-25(21-38-22)20-37-27-12-8-23(9-13-27)31(35)30-28-6-2-3-7-29(28)39-32(30)24-10-14-26(15-11-24)36-19-18-34-16-4-5-17-34/h2-3,6-15,21,31,35H,4-5,16-20H2,1H3. The molecule has 5 aromatic rings. The van der Waals surface area contributed by atoms with Crippen molar-refractivity contribution in [2.24, 2.45) is 0 Å². The van der Waals surface area contributed by atoms with E-state index in [-0.39, 0.29) is 0 Å². The highest BCUT2D eigenvalue weighted by Gasteiger charge is 2.22. The Kier molecular flexibility index (Phi) is 7.93. The van der Waals surface area contributed by atoms with Crippen molar-refractivity contribution in [1.82, 2.24) is 9.88 Å². The van der Waals surface area contributed by atoms with Crippen LogP contribution in [0.1, 0.15) is 40.8 Å². The maximum atomic E-state index is 11.6. The maximum Gasteiger partial charge on any atom is 0.131 e. The molecule has 1 N–H and O–H groups in total. The summed E-state index contributed by atoms with van der Waals surface area (Å²) in [5.41, 5.74) is 3.78. The summed E-state index contributed by atoms with van der Waals surface area (Å²) < 4.78 is 13.1. The molecule has 1 saturated heterocycles. The lowest BCUT2D eigenvalue weighted by molar-refractivity contribution is 0.222. The van der Waals surface area contributed by atoms with Crippen LogP contribution in [-0.2, 0) is 6.61 Å². The molecule has 200 valence electrons. The van der Waals surface area contributed by atoms with Gasteiger partial charge in [0, 0.05) is 27.1 Å². The number of benzene rings is 3. The number of aryl methyl sites for hydroxylation is 1. The Balaban J connectivity index is 1.20. The van der Waals surface area contributed by atoms with Crippen molar-refractivity contribution < 1.29 is 14.6 Å². The van der Waals surface area contributed by atoms with Gasteiger partial charge in [-0.15, -0.1) is 22.7 Å². The summed E-state index contributed by atoms with van der Waals surface area (Å²) in [6, 6.07) is 24.3. The number of thiophene rings is 1. The van der Waals surface area contributed by atoms with E-state index in [1.54, 1.807) is 22.7 Å². The first-order chi connectivity index (χ1) is 19.1. The zero-order chi connectivity index (χ0) is 26.6. The summed E-state index contributed by atoms with van der Waals surface area (Å²) in [6.07, 6.45) is 1.83. The fourth-order valence-electron chi connectivity index (χ4n) is 5.10. The zero-order valence-corrected chi connectivity index (χ0v) is 23.6. The molecule has 0 radical (unpaired) electrons. The van der Waals surface area contributed by atoms with E-state index in [1.807, 2.05) is 60.8 Å². The molecular formula is C32H32N2O3S2. The minimum Gasteiger partial charge on any atom is -0.492 e. The van der Waals surface area contributed by atoms with Crippen molar-refractivity contribution in [3.8, 4) is 21.9 Å². The number of hydrogen-bond donors (Lipinski definition) is 1. The van der Waals surface area contributed by atoms with Crippen LogP contribution in [0.2, 0.25) is 0 Å². The molecule has 6 rings (SSSR count). The van der Waals surface area contributed by atoms with Crippen LogP contribution in [0.4, 0.5) is 0 Å². The van der Waals surface area contributed by atoms with Crippen molar-refractivity contribution in [2.75, 3.05) is 26.2 Å². The molecule has 5 nitrogen and oxygen atoms in total. The molecule has 1 aliphatic rings. The molecule has 1 unspecified atom stereocenters. The third-order valence-electron chi connectivity index (χ3n) is 7.15. The molecule has 0 saturated carbocycles. The predicted octanol–water partition coefficient (Wildman–Crippen LogP) is 7.47. The average molecular weight is 557 g/mol. The van der Waals surface area contributed by atoms with Crippen LogP contribution in [-0.4, -0.2) is 41.2 Å². The second-order valence-corrected chi connectivity index (χ2v) is 12.0. The van der Waals surface area contributed by atoms with E-state index in [9.17, 15) is 5.11 Å². The molecule has 0 aliphatic carbocycles. The molecule has 1 fully saturated rings. The van der Waals surface area contributed by atoms with E-state index in [0.717, 1.165) is 60.4 Å². The van der Waals surface area contributed by atoms with Crippen molar-refractivity contribution in [1.29, 1.82) is 0 Å². The third kappa shape index (κ3) is 6.02. The number of aliphatic hydroxyl groups excluding tert-OH is 1. The van der Waals surface area contributed by atoms with E-state index >= 15 is 0 Å². The zero-order valence-electron chi connectivity index (χ0n) is 22.0. The van der Waals surface area contributed by atoms with Gasteiger partial charge in [-0.3, -0.25) is 4.90 Å². The number of nitrogens with zero attached hydrogens (tertiary/aromatic N) is 2. The van der Waals surface area contributed by atoms with Crippen molar-refractivity contribution in [3.63, 3.8) is 0 Å². The van der Waals surface area contributed by atoms with Gasteiger partial charge >= 0.3 is 0 Å². The molecule has 3 heterocycles. The molecule has 0 amide bonds. The van der Waals surface area contributed by atoms with E-state index in [1.165, 1.54) is 25.9 Å². The number of likely N-dealkylation sites (tertiary alicyclic amines) is 1. The Morgan fingerprint density at radius 3 is 2.38 bits per heavy atom. The quantitative estimate of drug-likeness (QED) is 0.193. The molecule has 0 bridgehead atoms. The van der Waals surface area contributed by atoms with E-state index in [0.29, 0.717) is 13.2 Å². The van der Waals surface area contributed by atoms with Crippen LogP contribution >= 0.6 is 22.7 Å². The third-order valence-corrected chi connectivity index (χ3v) is 9.21. The van der Waals surface area contributed by atoms with Gasteiger partial charge in [0.25, 0.3) is 0 Å². The molecule has 7 heteroatoms. The van der Waals surface area contributed by atoms with Gasteiger partial charge in [-0.25, -0.2) is 4.98 Å². The minimum atomic E-state index is -0.761. The summed E-state index contributed by atoms with van der Waals surface area (Å²) in [5.74, 6) is 1.64. The van der Waals surface area contributed by atoms with Crippen LogP contribution < -0.4 is 9.47 Å². The lowest BCUT2D eigenvalue weighted by Crippen LogP contribution is -2.25. The van der Waals surface area contributed by atoms with Gasteiger partial charge in [-0.05, 0) is 91.8 Å². The van der Waals surface area contributed by atoms with Crippen molar-refractivity contribution in [3.05, 3.63) is 100 Å². The average Bonchev–Trinajstić information content (AvgIpc) is 3.72. The summed E-state index contributed by atoms with van der Waals surface area (Å²) in [7, 11) is 0. The lowest BCUT2D eigenvalue weighted by Gasteiger charge is -2.16. The molecule has 39 heavy (non-hydrogen) atoms. The van der Waals surface area contributed by atoms with Crippen LogP contribution in [0.3, 0.4) is 0 Å². The summed E-state index contributed by atoms with van der Waals surface area (Å²) in [4.78, 5) is 7.99. The Hall–Kier alpha value is -3.23. The van der Waals surface area contributed by atoms with Gasteiger partial charge in [-0.1, -0.05) is 30.3 Å². The SMILES string of the molecule is Cc1nc(COc2ccc(C(O)c3c(-c4ccc(OCCN5CCCC5)cc4)sc4ccccc34)cc2)cs1. The van der Waals surface area contributed by atoms with Gasteiger partial charge in [0.05, 0.1) is 10.7 Å². The number of hydrogen-bond acceptors (Lipinski definition) is 7. The van der Waals surface area contributed by atoms with Crippen molar-refractivity contribution >= 4 is 32.8 Å². The van der Waals surface area contributed by atoms with Gasteiger partial charge < -0.3 is 14.6 Å². The molecule has 1 atom stereocenters. The summed E-state index contributed by atoms with van der Waals surface area (Å²) >= 11 is 3.33. The maximum absolute atomic E-state index is 11.6. The van der Waals surface area contributed by atoms with Gasteiger partial charge in [0.15, 0.2) is 0 Å². The van der Waals surface area contributed by atoms with Crippen molar-refractivity contribution in [2.45, 2.75) is 32.5 Å². The molecule has 0 spiro atoms. The fraction of sp³-hybridized carbons (Fsp3) is 0.281. The fourth-order valence-corrected chi connectivity index (χ4v) is 6.93. The van der Waals surface area contributed by atoms with Crippen LogP contribution in [0.25, 0.3) is 20.5 Å². The molecule has 1 aliphatic heterocycles. The lowest BCUT2D eigenvalue weighted by atomic mass is 9.96. The highest BCUT2D eigenvalue weighted by atomic mass is 32.1. The highest BCUT2D eigenvalue weighted by Crippen LogP contribution is 2.44. The second-order valence-electron chi connectivity index (χ2n) is 9.88. The summed E-state index contributed by atoms with van der Waals surface area (Å²) in [6.45, 7) is 6.47. The van der Waals surface area contributed by atoms with Crippen LogP contribution in [0.5, 0.6) is 11.5 Å². The minimum absolute atomic E-state index is 0.434. The number of aliphatic hydroxyl groups is 1. The first-order valence-electron chi connectivity index (χ1n) is 13.4. The Morgan fingerprint density at radius 2 is 1.64 bits per heavy atom.